The van der Waals surface area contributed by atoms with E-state index in [-0.39, 0.29) is 23.5 Å². The van der Waals surface area contributed by atoms with Gasteiger partial charge in [-0.05, 0) is 25.8 Å². The maximum atomic E-state index is 12.6. The summed E-state index contributed by atoms with van der Waals surface area (Å²) in [5.74, 6) is 0.495. The minimum Gasteiger partial charge on any atom is -0.337 e. The number of sulfone groups is 1. The molecule has 158 valence electrons. The Hall–Kier alpha value is -2.19. The summed E-state index contributed by atoms with van der Waals surface area (Å²) in [5, 5.41) is 4.62. The summed E-state index contributed by atoms with van der Waals surface area (Å²) in [6.45, 7) is 5.63. The molecule has 1 fully saturated rings. The summed E-state index contributed by atoms with van der Waals surface area (Å²) >= 11 is 0. The number of benzene rings is 1. The highest BCUT2D eigenvalue weighted by atomic mass is 32.2. The van der Waals surface area contributed by atoms with Gasteiger partial charge in [-0.15, -0.1) is 0 Å². The molecule has 0 bridgehead atoms. The summed E-state index contributed by atoms with van der Waals surface area (Å²) < 4.78 is 25.5. The summed E-state index contributed by atoms with van der Waals surface area (Å²) in [6, 6.07) is 9.88. The topological polar surface area (TPSA) is 76.7 Å². The van der Waals surface area contributed by atoms with Crippen molar-refractivity contribution in [3.8, 4) is 0 Å². The van der Waals surface area contributed by atoms with E-state index in [1.807, 2.05) is 63.0 Å². The van der Waals surface area contributed by atoms with Crippen LogP contribution in [0.5, 0.6) is 0 Å². The lowest BCUT2D eigenvalue weighted by Gasteiger charge is -2.20. The van der Waals surface area contributed by atoms with Crippen molar-refractivity contribution >= 4 is 15.7 Å². The lowest BCUT2D eigenvalue weighted by Crippen LogP contribution is -3.08. The molecule has 1 aliphatic heterocycles. The lowest BCUT2D eigenvalue weighted by molar-refractivity contribution is -0.885. The number of carbonyl (C=O) groups is 1. The van der Waals surface area contributed by atoms with E-state index in [0.717, 1.165) is 27.4 Å². The van der Waals surface area contributed by atoms with Crippen molar-refractivity contribution in [3.05, 3.63) is 52.8 Å². The summed E-state index contributed by atoms with van der Waals surface area (Å²) in [4.78, 5) is 15.5. The van der Waals surface area contributed by atoms with Crippen LogP contribution >= 0.6 is 0 Å². The molecule has 1 N–H and O–H groups in total. The number of rotatable bonds is 7. The third-order valence-corrected chi connectivity index (χ3v) is 7.40. The number of quaternary nitrogens is 1. The fraction of sp³-hybridized carbons (Fsp3) is 0.524. The van der Waals surface area contributed by atoms with Gasteiger partial charge in [0.05, 0.1) is 35.9 Å². The zero-order valence-electron chi connectivity index (χ0n) is 17.7. The zero-order chi connectivity index (χ0) is 21.2. The van der Waals surface area contributed by atoms with Crippen LogP contribution in [-0.2, 0) is 27.7 Å². The van der Waals surface area contributed by atoms with E-state index in [1.165, 1.54) is 0 Å². The van der Waals surface area contributed by atoms with Crippen molar-refractivity contribution in [1.29, 1.82) is 0 Å². The average molecular weight is 420 g/mol. The molecule has 0 aliphatic carbocycles. The molecule has 1 saturated heterocycles. The minimum atomic E-state index is -2.95. The second-order valence-corrected chi connectivity index (χ2v) is 10.4. The molecule has 2 aromatic rings. The first-order valence-electron chi connectivity index (χ1n) is 10.0. The number of aryl methyl sites for hydroxylation is 1. The van der Waals surface area contributed by atoms with Crippen LogP contribution in [0.25, 0.3) is 0 Å². The van der Waals surface area contributed by atoms with Gasteiger partial charge in [-0.2, -0.15) is 5.10 Å². The molecule has 7 nitrogen and oxygen atoms in total. The van der Waals surface area contributed by atoms with E-state index in [2.05, 4.69) is 5.10 Å². The van der Waals surface area contributed by atoms with Gasteiger partial charge >= 0.3 is 0 Å². The third kappa shape index (κ3) is 5.25. The van der Waals surface area contributed by atoms with Gasteiger partial charge in [0.25, 0.3) is 5.91 Å². The van der Waals surface area contributed by atoms with Crippen LogP contribution in [0.4, 0.5) is 0 Å². The molecule has 2 heterocycles. The third-order valence-electron chi connectivity index (χ3n) is 5.65. The molecule has 1 amide bonds. The van der Waals surface area contributed by atoms with Crippen LogP contribution in [0.3, 0.4) is 0 Å². The standard InChI is InChI=1S/C21H30N4O3S/c1-16-20(17(2)25(22-16)19-10-11-29(27,28)15-19)13-23(3)14-21(26)24(4)12-18-8-6-5-7-9-18/h5-9,19H,10-15H2,1-4H3/p+1/t19-/m1/s1. The molecular weight excluding hydrogens is 388 g/mol. The van der Waals surface area contributed by atoms with Gasteiger partial charge in [-0.1, -0.05) is 30.3 Å². The van der Waals surface area contributed by atoms with Crippen molar-refractivity contribution in [3.63, 3.8) is 0 Å². The van der Waals surface area contributed by atoms with Crippen molar-refractivity contribution < 1.29 is 18.1 Å². The molecule has 0 saturated carbocycles. The Morgan fingerprint density at radius 2 is 1.97 bits per heavy atom. The highest BCUT2D eigenvalue weighted by Gasteiger charge is 2.32. The van der Waals surface area contributed by atoms with E-state index < -0.39 is 9.84 Å². The second-order valence-electron chi connectivity index (χ2n) is 8.20. The summed E-state index contributed by atoms with van der Waals surface area (Å²) in [6.07, 6.45) is 0.620. The predicted molar refractivity (Wildman–Crippen MR) is 112 cm³/mol. The first-order chi connectivity index (χ1) is 13.7. The van der Waals surface area contributed by atoms with E-state index >= 15 is 0 Å². The quantitative estimate of drug-likeness (QED) is 0.710. The van der Waals surface area contributed by atoms with Crippen molar-refractivity contribution in [2.24, 2.45) is 0 Å². The van der Waals surface area contributed by atoms with Crippen LogP contribution < -0.4 is 4.90 Å². The van der Waals surface area contributed by atoms with E-state index in [1.54, 1.807) is 4.90 Å². The molecule has 1 aliphatic rings. The SMILES string of the molecule is Cc1nn([C@@H]2CCS(=O)(=O)C2)c(C)c1C[NH+](C)CC(=O)N(C)Cc1ccccc1. The highest BCUT2D eigenvalue weighted by Crippen LogP contribution is 2.26. The molecule has 0 spiro atoms. The molecule has 2 atom stereocenters. The number of carbonyl (C=O) groups excluding carboxylic acids is 1. The van der Waals surface area contributed by atoms with Crippen LogP contribution in [0.15, 0.2) is 30.3 Å². The van der Waals surface area contributed by atoms with E-state index in [4.69, 9.17) is 0 Å². The van der Waals surface area contributed by atoms with Gasteiger partial charge < -0.3 is 9.80 Å². The maximum Gasteiger partial charge on any atom is 0.277 e. The number of aromatic nitrogens is 2. The first-order valence-corrected chi connectivity index (χ1v) is 11.8. The number of hydrogen-bond donors (Lipinski definition) is 1. The smallest absolute Gasteiger partial charge is 0.277 e. The Kier molecular flexibility index (Phi) is 6.43. The fourth-order valence-corrected chi connectivity index (χ4v) is 5.67. The monoisotopic (exact) mass is 419 g/mol. The van der Waals surface area contributed by atoms with E-state index in [9.17, 15) is 13.2 Å². The molecule has 1 aromatic heterocycles. The number of hydrogen-bond acceptors (Lipinski definition) is 4. The number of nitrogens with zero attached hydrogens (tertiary/aromatic N) is 3. The largest absolute Gasteiger partial charge is 0.337 e. The molecular formula is C21H31N4O3S+. The number of amides is 1. The van der Waals surface area contributed by atoms with Crippen molar-refractivity contribution in [2.75, 3.05) is 32.1 Å². The van der Waals surface area contributed by atoms with Crippen LogP contribution in [0.2, 0.25) is 0 Å². The number of likely N-dealkylation sites (N-methyl/N-ethyl adjacent to an activating group) is 2. The maximum absolute atomic E-state index is 12.6. The normalized spacial score (nSPS) is 19.2. The molecule has 1 unspecified atom stereocenters. The molecule has 3 rings (SSSR count). The van der Waals surface area contributed by atoms with Gasteiger partial charge in [0.15, 0.2) is 16.4 Å². The van der Waals surface area contributed by atoms with Gasteiger partial charge in [-0.3, -0.25) is 9.48 Å². The van der Waals surface area contributed by atoms with E-state index in [0.29, 0.717) is 26.1 Å². The Bertz CT molecular complexity index is 969. The average Bonchev–Trinajstić information content (AvgIpc) is 3.16. The summed E-state index contributed by atoms with van der Waals surface area (Å²) in [7, 11) is 0.881. The lowest BCUT2D eigenvalue weighted by atomic mass is 10.1. The van der Waals surface area contributed by atoms with Crippen molar-refractivity contribution in [1.82, 2.24) is 14.7 Å². The molecule has 8 heteroatoms. The molecule has 0 radical (unpaired) electrons. The van der Waals surface area contributed by atoms with Crippen LogP contribution in [0.1, 0.15) is 35.0 Å². The summed E-state index contributed by atoms with van der Waals surface area (Å²) in [5.41, 5.74) is 4.14. The first kappa shape index (κ1) is 21.5. The van der Waals surface area contributed by atoms with Gasteiger partial charge in [0.2, 0.25) is 0 Å². The Morgan fingerprint density at radius 1 is 1.28 bits per heavy atom. The van der Waals surface area contributed by atoms with Crippen molar-refractivity contribution in [2.45, 2.75) is 39.4 Å². The van der Waals surface area contributed by atoms with Crippen LogP contribution in [0, 0.1) is 13.8 Å². The van der Waals surface area contributed by atoms with Gasteiger partial charge in [-0.25, -0.2) is 8.42 Å². The Labute approximate surface area is 173 Å². The Morgan fingerprint density at radius 3 is 2.59 bits per heavy atom. The van der Waals surface area contributed by atoms with Gasteiger partial charge in [0, 0.05) is 19.3 Å². The highest BCUT2D eigenvalue weighted by molar-refractivity contribution is 7.91. The predicted octanol–water partition coefficient (Wildman–Crippen LogP) is 0.533. The van der Waals surface area contributed by atoms with Crippen LogP contribution in [-0.4, -0.2) is 61.2 Å². The second kappa shape index (κ2) is 8.67. The molecule has 1 aromatic carbocycles. The number of nitrogens with one attached hydrogen (secondary N) is 1. The van der Waals surface area contributed by atoms with Gasteiger partial charge in [0.1, 0.15) is 6.54 Å². The fourth-order valence-electron chi connectivity index (χ4n) is 3.98. The minimum absolute atomic E-state index is 0.0774. The molecule has 29 heavy (non-hydrogen) atoms. The Balaban J connectivity index is 1.62. The zero-order valence-corrected chi connectivity index (χ0v) is 18.5.